The molecule has 2 aromatic heterocycles. The molecular weight excluding hydrogens is 1270 g/mol. The summed E-state index contributed by atoms with van der Waals surface area (Å²) in [5, 5.41) is 5.36. The SMILES string of the molecule is CC/C(=C(/c1ccc(OCCN(C)C)cc1)c1cccc(OC(=O)C(c2ccccc2Cl)N2CCc3sccc3C2)c1)c1ccccc1.CC/C(=C(/c1ccc(OCCN(C)C)cc1)c1cccc(OC(=O)[C@H](c2ccccc2Cl)N2CCc3sccc3C2)c1)c1ccccc1. The van der Waals surface area contributed by atoms with Gasteiger partial charge in [0.15, 0.2) is 0 Å². The van der Waals surface area contributed by atoms with Gasteiger partial charge in [-0.05, 0) is 215 Å². The predicted octanol–water partition coefficient (Wildman–Crippen LogP) is 18.8. The van der Waals surface area contributed by atoms with Crippen LogP contribution in [0.5, 0.6) is 23.0 Å². The highest BCUT2D eigenvalue weighted by Gasteiger charge is 2.36. The van der Waals surface area contributed by atoms with Crippen molar-refractivity contribution in [3.63, 3.8) is 0 Å². The number of likely N-dealkylation sites (N-methyl/N-ethyl adjacent to an activating group) is 2. The molecule has 0 N–H and O–H groups in total. The minimum absolute atomic E-state index is 0.345. The van der Waals surface area contributed by atoms with E-state index in [1.54, 1.807) is 22.7 Å². The van der Waals surface area contributed by atoms with Gasteiger partial charge in [-0.25, -0.2) is 9.59 Å². The standard InChI is InChI=1S/2C41H41ClN2O3S/c2*1-4-35(29-11-6-5-7-12-29)39(30-17-19-33(20-18-30)46-25-24-43(2)3)31-13-10-14-34(27-31)47-41(45)40(36-15-8-9-16-37(36)42)44-23-21-38-32(28-44)22-26-48-38/h2*5-20,22,26-27,40H,4,21,23-25,28H2,1-3H3/b2*39-35+/t40-;/m0./s1. The zero-order valence-electron chi connectivity index (χ0n) is 55.4. The molecule has 8 aromatic carbocycles. The molecule has 2 aliphatic heterocycles. The summed E-state index contributed by atoms with van der Waals surface area (Å²) in [6, 6.07) is 71.4. The Bertz CT molecular complexity index is 4010. The summed E-state index contributed by atoms with van der Waals surface area (Å²) in [6.45, 7) is 10.1. The number of allylic oxidation sites excluding steroid dienone is 2. The largest absolute Gasteiger partial charge is 0.492 e. The Hall–Kier alpha value is -8.40. The van der Waals surface area contributed by atoms with Gasteiger partial charge in [-0.3, -0.25) is 9.80 Å². The van der Waals surface area contributed by atoms with Crippen LogP contribution >= 0.6 is 45.9 Å². The molecule has 12 rings (SSSR count). The fourth-order valence-corrected chi connectivity index (χ4v) is 14.8. The molecular formula is C82H82Cl2N4O6S2. The van der Waals surface area contributed by atoms with Gasteiger partial charge in [-0.1, -0.05) is 183 Å². The van der Waals surface area contributed by atoms with E-state index in [4.69, 9.17) is 42.1 Å². The number of nitrogens with zero attached hydrogens (tertiary/aromatic N) is 4. The van der Waals surface area contributed by atoms with Crippen LogP contribution in [0.2, 0.25) is 10.0 Å². The quantitative estimate of drug-likeness (QED) is 0.0331. The number of hydrogen-bond acceptors (Lipinski definition) is 12. The number of benzene rings is 8. The molecule has 2 aliphatic rings. The number of carbonyl (C=O) groups is 2. The summed E-state index contributed by atoms with van der Waals surface area (Å²) < 4.78 is 24.5. The van der Waals surface area contributed by atoms with Crippen LogP contribution in [0, 0.1) is 0 Å². The van der Waals surface area contributed by atoms with Crippen molar-refractivity contribution in [3.8, 4) is 23.0 Å². The van der Waals surface area contributed by atoms with Crippen molar-refractivity contribution in [1.29, 1.82) is 0 Å². The Morgan fingerprint density at radius 3 is 1.19 bits per heavy atom. The lowest BCUT2D eigenvalue weighted by Crippen LogP contribution is -2.39. The highest BCUT2D eigenvalue weighted by molar-refractivity contribution is 7.10. The second-order valence-corrected chi connectivity index (χ2v) is 27.2. The maximum absolute atomic E-state index is 14.2. The third-order valence-electron chi connectivity index (χ3n) is 17.4. The normalized spacial score (nSPS) is 14.3. The number of rotatable bonds is 24. The summed E-state index contributed by atoms with van der Waals surface area (Å²) in [5.74, 6) is 1.96. The third kappa shape index (κ3) is 17.4. The van der Waals surface area contributed by atoms with Gasteiger partial charge in [0.1, 0.15) is 48.3 Å². The van der Waals surface area contributed by atoms with Gasteiger partial charge in [-0.15, -0.1) is 22.7 Å². The Morgan fingerprint density at radius 1 is 0.438 bits per heavy atom. The average molecular weight is 1350 g/mol. The van der Waals surface area contributed by atoms with Crippen molar-refractivity contribution in [1.82, 2.24) is 19.6 Å². The number of ether oxygens (including phenoxy) is 4. The first-order valence-electron chi connectivity index (χ1n) is 32.9. The maximum Gasteiger partial charge on any atom is 0.333 e. The van der Waals surface area contributed by atoms with Crippen molar-refractivity contribution >= 4 is 80.1 Å². The molecule has 0 aliphatic carbocycles. The first-order chi connectivity index (χ1) is 46.8. The van der Waals surface area contributed by atoms with Crippen LogP contribution in [-0.2, 0) is 35.5 Å². The number of carbonyl (C=O) groups excluding carboxylic acids is 2. The highest BCUT2D eigenvalue weighted by atomic mass is 35.5. The Balaban J connectivity index is 0.000000195. The van der Waals surface area contributed by atoms with E-state index >= 15 is 0 Å². The lowest BCUT2D eigenvalue weighted by molar-refractivity contribution is -0.142. The number of fused-ring (bicyclic) bond motifs is 2. The topological polar surface area (TPSA) is 84.0 Å². The van der Waals surface area contributed by atoms with Gasteiger partial charge in [0.05, 0.1) is 0 Å². The van der Waals surface area contributed by atoms with E-state index in [0.717, 1.165) is 119 Å². The molecule has 0 radical (unpaired) electrons. The maximum atomic E-state index is 14.2. The van der Waals surface area contributed by atoms with Gasteiger partial charge in [0.2, 0.25) is 0 Å². The molecule has 1 unspecified atom stereocenters. The molecule has 0 fully saturated rings. The van der Waals surface area contributed by atoms with Crippen molar-refractivity contribution in [3.05, 3.63) is 305 Å². The number of esters is 2. The average Bonchev–Trinajstić information content (AvgIpc) is 1.29. The molecule has 0 saturated heterocycles. The van der Waals surface area contributed by atoms with Gasteiger partial charge in [-0.2, -0.15) is 0 Å². The van der Waals surface area contributed by atoms with Crippen LogP contribution in [0.25, 0.3) is 22.3 Å². The van der Waals surface area contributed by atoms with E-state index in [2.05, 4.69) is 141 Å². The van der Waals surface area contributed by atoms with E-state index in [9.17, 15) is 9.59 Å². The van der Waals surface area contributed by atoms with Crippen LogP contribution in [0.4, 0.5) is 0 Å². The van der Waals surface area contributed by atoms with Gasteiger partial charge in [0, 0.05) is 59.1 Å². The monoisotopic (exact) mass is 1350 g/mol. The summed E-state index contributed by atoms with van der Waals surface area (Å²) >= 11 is 17.0. The van der Waals surface area contributed by atoms with Crippen molar-refractivity contribution in [2.24, 2.45) is 0 Å². The summed E-state index contributed by atoms with van der Waals surface area (Å²) in [5.41, 5.74) is 15.0. The summed E-state index contributed by atoms with van der Waals surface area (Å²) in [4.78, 5) is 39.7. The molecule has 0 spiro atoms. The molecule has 492 valence electrons. The molecule has 10 nitrogen and oxygen atoms in total. The second kappa shape index (κ2) is 33.5. The second-order valence-electron chi connectivity index (χ2n) is 24.4. The van der Waals surface area contributed by atoms with E-state index < -0.39 is 12.1 Å². The highest BCUT2D eigenvalue weighted by Crippen LogP contribution is 2.41. The first-order valence-corrected chi connectivity index (χ1v) is 35.4. The summed E-state index contributed by atoms with van der Waals surface area (Å²) in [6.07, 6.45) is 3.42. The van der Waals surface area contributed by atoms with Crippen LogP contribution in [-0.4, -0.2) is 99.1 Å². The molecule has 0 amide bonds. The molecule has 0 bridgehead atoms. The fourth-order valence-electron chi connectivity index (χ4n) is 12.6. The van der Waals surface area contributed by atoms with Crippen molar-refractivity contribution in [2.45, 2.75) is 64.7 Å². The zero-order valence-corrected chi connectivity index (χ0v) is 58.5. The molecule has 10 aromatic rings. The van der Waals surface area contributed by atoms with Gasteiger partial charge >= 0.3 is 11.9 Å². The number of hydrogen-bond donors (Lipinski definition) is 0. The predicted molar refractivity (Wildman–Crippen MR) is 396 cm³/mol. The zero-order chi connectivity index (χ0) is 66.9. The third-order valence-corrected chi connectivity index (χ3v) is 20.1. The van der Waals surface area contributed by atoms with E-state index in [1.807, 2.05) is 150 Å². The molecule has 4 heterocycles. The number of halogens is 2. The molecule has 96 heavy (non-hydrogen) atoms. The minimum atomic E-state index is -0.638. The van der Waals surface area contributed by atoms with E-state index in [0.29, 0.717) is 47.8 Å². The molecule has 0 saturated carbocycles. The van der Waals surface area contributed by atoms with Crippen molar-refractivity contribution in [2.75, 3.05) is 67.6 Å². The van der Waals surface area contributed by atoms with Crippen LogP contribution in [0.3, 0.4) is 0 Å². The van der Waals surface area contributed by atoms with E-state index in [-0.39, 0.29) is 11.9 Å². The Kier molecular flexibility index (Phi) is 24.1. The van der Waals surface area contributed by atoms with Gasteiger partial charge < -0.3 is 28.7 Å². The van der Waals surface area contributed by atoms with E-state index in [1.165, 1.54) is 32.0 Å². The van der Waals surface area contributed by atoms with Crippen LogP contribution in [0.15, 0.2) is 229 Å². The van der Waals surface area contributed by atoms with Crippen LogP contribution < -0.4 is 18.9 Å². The Morgan fingerprint density at radius 2 is 0.812 bits per heavy atom. The molecule has 14 heteroatoms. The number of thiophene rings is 2. The fraction of sp³-hybridized carbons (Fsp3) is 0.244. The van der Waals surface area contributed by atoms with Gasteiger partial charge in [0.25, 0.3) is 0 Å². The lowest BCUT2D eigenvalue weighted by Gasteiger charge is -2.33. The first kappa shape index (κ1) is 69.0. The lowest BCUT2D eigenvalue weighted by atomic mass is 9.88. The summed E-state index contributed by atoms with van der Waals surface area (Å²) in [7, 11) is 8.15. The van der Waals surface area contributed by atoms with Crippen LogP contribution in [0.1, 0.15) is 104 Å². The van der Waals surface area contributed by atoms with Crippen molar-refractivity contribution < 1.29 is 28.5 Å². The molecule has 2 atom stereocenters. The smallest absolute Gasteiger partial charge is 0.333 e. The minimum Gasteiger partial charge on any atom is -0.492 e. The Labute approximate surface area is 584 Å².